The summed E-state index contributed by atoms with van der Waals surface area (Å²) in [5, 5.41) is 17.5. The molecule has 0 unspecified atom stereocenters. The molecule has 303 valence electrons. The van der Waals surface area contributed by atoms with Crippen molar-refractivity contribution in [1.82, 2.24) is 4.98 Å². The van der Waals surface area contributed by atoms with Crippen LogP contribution in [0.2, 0.25) is 0 Å². The van der Waals surface area contributed by atoms with Gasteiger partial charge < -0.3 is 5.11 Å². The topological polar surface area (TPSA) is 50.2 Å². The zero-order chi connectivity index (χ0) is 41.1. The van der Waals surface area contributed by atoms with Crippen LogP contribution in [0.25, 0.3) is 65.5 Å². The van der Waals surface area contributed by atoms with Crippen LogP contribution < -0.4 is 0 Å². The number of allylic oxidation sites excluding steroid dienone is 2. The van der Waals surface area contributed by atoms with E-state index in [0.29, 0.717) is 16.8 Å². The van der Waals surface area contributed by atoms with E-state index in [2.05, 4.69) is 44.0 Å². The third-order valence-corrected chi connectivity index (χ3v) is 11.2. The minimum atomic E-state index is -4.58. The van der Waals surface area contributed by atoms with Crippen LogP contribution in [0.1, 0.15) is 85.3 Å². The third-order valence-electron chi connectivity index (χ3n) is 11.2. The number of benzene rings is 6. The van der Waals surface area contributed by atoms with Crippen molar-refractivity contribution in [2.45, 2.75) is 85.7 Å². The molecule has 1 N–H and O–H groups in total. The second kappa shape index (κ2) is 18.4. The van der Waals surface area contributed by atoms with Gasteiger partial charge in [0.1, 0.15) is 0 Å². The van der Waals surface area contributed by atoms with Crippen molar-refractivity contribution in [3.8, 4) is 22.4 Å². The quantitative estimate of drug-likeness (QED) is 0.0679. The van der Waals surface area contributed by atoms with Crippen LogP contribution in [-0.4, -0.2) is 15.9 Å². The minimum Gasteiger partial charge on any atom is -0.512 e. The van der Waals surface area contributed by atoms with E-state index in [1.807, 2.05) is 107 Å². The van der Waals surface area contributed by atoms with Crippen LogP contribution in [0.4, 0.5) is 13.2 Å². The van der Waals surface area contributed by atoms with Gasteiger partial charge in [-0.3, -0.25) is 9.78 Å². The van der Waals surface area contributed by atoms with E-state index in [1.54, 1.807) is 12.1 Å². The van der Waals surface area contributed by atoms with Crippen molar-refractivity contribution in [2.75, 3.05) is 0 Å². The van der Waals surface area contributed by atoms with Gasteiger partial charge in [0.25, 0.3) is 0 Å². The molecule has 0 amide bonds. The third kappa shape index (κ3) is 9.07. The number of nitrogens with zero attached hydrogens (tertiary/aromatic N) is 1. The summed E-state index contributed by atoms with van der Waals surface area (Å²) >= 11 is 0. The molecular weight excluding hydrogens is 908 g/mol. The molecule has 0 atom stereocenters. The molecule has 0 aliphatic rings. The maximum Gasteiger partial charge on any atom is 0.418 e. The summed E-state index contributed by atoms with van der Waals surface area (Å²) in [4.78, 5) is 16.1. The molecule has 1 heterocycles. The van der Waals surface area contributed by atoms with Gasteiger partial charge in [-0.05, 0) is 74.5 Å². The van der Waals surface area contributed by atoms with Crippen LogP contribution in [-0.2, 0) is 36.5 Å². The number of hydrogen-bond acceptors (Lipinski definition) is 3. The SMILES string of the molecule is CC(C)(C)c1cc(-c2cc(-c3cccc4c5ccccc5c5ccccc5c34)c(C(F)(F)F)cn2)[c-]c2ccccc12.CCC(CC)C(=O)/C=C(\O)C(CC)CC.[Ir]. The van der Waals surface area contributed by atoms with E-state index >= 15 is 0 Å². The first-order valence-electron chi connectivity index (χ1n) is 20.0. The van der Waals surface area contributed by atoms with Gasteiger partial charge in [0.05, 0.1) is 11.3 Å². The van der Waals surface area contributed by atoms with Gasteiger partial charge in [0.15, 0.2) is 5.78 Å². The molecule has 58 heavy (non-hydrogen) atoms. The maximum atomic E-state index is 14.6. The number of halogens is 3. The van der Waals surface area contributed by atoms with Gasteiger partial charge in [-0.15, -0.1) is 29.1 Å². The monoisotopic (exact) mass is 959 g/mol. The molecule has 1 aromatic heterocycles. The second-order valence-electron chi connectivity index (χ2n) is 15.8. The summed E-state index contributed by atoms with van der Waals surface area (Å²) in [7, 11) is 0. The van der Waals surface area contributed by atoms with E-state index in [4.69, 9.17) is 0 Å². The van der Waals surface area contributed by atoms with Crippen LogP contribution >= 0.6 is 0 Å². The minimum absolute atomic E-state index is 0. The first kappa shape index (κ1) is 44.3. The average molecular weight is 959 g/mol. The van der Waals surface area contributed by atoms with Crippen molar-refractivity contribution in [2.24, 2.45) is 11.8 Å². The molecule has 0 fully saturated rings. The molecule has 0 saturated carbocycles. The average Bonchev–Trinajstić information content (AvgIpc) is 3.20. The molecule has 3 nitrogen and oxygen atoms in total. The Morgan fingerprint density at radius 1 is 0.672 bits per heavy atom. The van der Waals surface area contributed by atoms with E-state index in [-0.39, 0.29) is 54.5 Å². The number of aliphatic hydroxyl groups excluding tert-OH is 1. The zero-order valence-electron chi connectivity index (χ0n) is 34.2. The number of fused-ring (bicyclic) bond motifs is 7. The van der Waals surface area contributed by atoms with Crippen molar-refractivity contribution in [3.05, 3.63) is 138 Å². The molecule has 0 aliphatic carbocycles. The first-order valence-corrected chi connectivity index (χ1v) is 20.0. The number of hydrogen-bond donors (Lipinski definition) is 1. The molecule has 6 aromatic carbocycles. The molecule has 7 rings (SSSR count). The number of ketones is 1. The molecule has 0 saturated heterocycles. The Bertz CT molecular complexity index is 2550. The molecular formula is C51H51F3IrNO2-. The number of alkyl halides is 3. The molecule has 7 heteroatoms. The Balaban J connectivity index is 0.000000344. The van der Waals surface area contributed by atoms with E-state index in [9.17, 15) is 23.1 Å². The Labute approximate surface area is 353 Å². The summed E-state index contributed by atoms with van der Waals surface area (Å²) in [6, 6.07) is 36.7. The number of carbonyl (C=O) groups excluding carboxylic acids is 1. The molecule has 0 bridgehead atoms. The van der Waals surface area contributed by atoms with E-state index in [0.717, 1.165) is 80.5 Å². The Morgan fingerprint density at radius 2 is 1.17 bits per heavy atom. The Morgan fingerprint density at radius 3 is 1.71 bits per heavy atom. The van der Waals surface area contributed by atoms with E-state index in [1.165, 1.54) is 6.08 Å². The summed E-state index contributed by atoms with van der Waals surface area (Å²) in [5.41, 5.74) is 1.92. The maximum absolute atomic E-state index is 14.6. The second-order valence-corrected chi connectivity index (χ2v) is 15.8. The number of pyridine rings is 1. The number of carbonyl (C=O) groups is 1. The summed E-state index contributed by atoms with van der Waals surface area (Å²) in [6.45, 7) is 14.5. The van der Waals surface area contributed by atoms with Crippen LogP contribution in [0.5, 0.6) is 0 Å². The van der Waals surface area contributed by atoms with Crippen molar-refractivity contribution >= 4 is 48.9 Å². The van der Waals surface area contributed by atoms with Gasteiger partial charge in [0.2, 0.25) is 0 Å². The standard InChI is InChI=1S/C38H27F3N.C13H24O2.Ir/c1-37(2,3)33-20-24(19-23-11-4-5-12-25(23)33)35-21-32(34(22-42-35)38(39,40)41)31-18-10-17-30-28-14-7-6-13-26(28)27-15-8-9-16-29(27)36(30)31;1-5-10(6-2)12(14)9-13(15)11(7-3)8-4;/h4-18,20-22H,1-3H3;9-11,14H,5-8H2,1-4H3;/q-1;;/b;12-9-;. The molecule has 0 spiro atoms. The summed E-state index contributed by atoms with van der Waals surface area (Å²) in [6.07, 6.45) is 1.30. The first-order chi connectivity index (χ1) is 27.2. The molecule has 0 aliphatic heterocycles. The summed E-state index contributed by atoms with van der Waals surface area (Å²) in [5.74, 6) is 0.547. The fourth-order valence-electron chi connectivity index (χ4n) is 8.00. The Hall–Kier alpha value is -4.84. The number of aromatic nitrogens is 1. The fourth-order valence-corrected chi connectivity index (χ4v) is 8.00. The van der Waals surface area contributed by atoms with E-state index < -0.39 is 11.7 Å². The van der Waals surface area contributed by atoms with Gasteiger partial charge in [-0.1, -0.05) is 150 Å². The normalized spacial score (nSPS) is 12.3. The van der Waals surface area contributed by atoms with Gasteiger partial charge >= 0.3 is 6.18 Å². The predicted octanol–water partition coefficient (Wildman–Crippen LogP) is 15.0. The van der Waals surface area contributed by atoms with Gasteiger partial charge in [-0.2, -0.15) is 13.2 Å². The van der Waals surface area contributed by atoms with Crippen molar-refractivity contribution < 1.29 is 43.2 Å². The van der Waals surface area contributed by atoms with Crippen LogP contribution in [0.15, 0.2) is 121 Å². The van der Waals surface area contributed by atoms with Crippen LogP contribution in [0.3, 0.4) is 0 Å². The van der Waals surface area contributed by atoms with Gasteiger partial charge in [0, 0.05) is 49.9 Å². The molecule has 7 aromatic rings. The number of aliphatic hydroxyl groups is 1. The smallest absolute Gasteiger partial charge is 0.418 e. The summed E-state index contributed by atoms with van der Waals surface area (Å²) < 4.78 is 43.8. The fraction of sp³-hybridized carbons (Fsp3) is 0.294. The van der Waals surface area contributed by atoms with Crippen LogP contribution in [0, 0.1) is 17.9 Å². The largest absolute Gasteiger partial charge is 0.512 e. The zero-order valence-corrected chi connectivity index (χ0v) is 36.6. The van der Waals surface area contributed by atoms with Gasteiger partial charge in [-0.25, -0.2) is 0 Å². The van der Waals surface area contributed by atoms with Crippen molar-refractivity contribution in [3.63, 3.8) is 0 Å². The van der Waals surface area contributed by atoms with Crippen molar-refractivity contribution in [1.29, 1.82) is 0 Å². The molecule has 1 radical (unpaired) electrons. The Kier molecular flexibility index (Phi) is 14.0. The predicted molar refractivity (Wildman–Crippen MR) is 232 cm³/mol. The number of rotatable bonds is 9.